The molecular weight excluding hydrogens is 297 g/mol. The summed E-state index contributed by atoms with van der Waals surface area (Å²) in [6.07, 6.45) is 0. The van der Waals surface area contributed by atoms with Crippen LogP contribution in [0.1, 0.15) is 18.1 Å². The Bertz CT molecular complexity index is 671. The number of hydrogen-bond acceptors (Lipinski definition) is 1. The SMILES string of the molecule is C[C@H](N)[C@@H](c1ccccc1)P(c1ccccc1)c1ccccc1. The Hall–Kier alpha value is -1.95. The Balaban J connectivity index is 2.13. The molecule has 0 aliphatic carbocycles. The van der Waals surface area contributed by atoms with Crippen molar-refractivity contribution in [3.8, 4) is 0 Å². The standard InChI is InChI=1S/C21H22NP/c1-17(22)21(18-11-5-2-6-12-18)23(19-13-7-3-8-14-19)20-15-9-4-10-16-20/h2-17,21H,22H2,1H3/t17-,21-/m0/s1. The Labute approximate surface area is 139 Å². The van der Waals surface area contributed by atoms with Crippen LogP contribution >= 0.6 is 7.92 Å². The summed E-state index contributed by atoms with van der Waals surface area (Å²) in [5.41, 5.74) is 8.08. The lowest BCUT2D eigenvalue weighted by Gasteiger charge is -2.32. The molecular formula is C21H22NP. The highest BCUT2D eigenvalue weighted by Crippen LogP contribution is 2.50. The van der Waals surface area contributed by atoms with Crippen molar-refractivity contribution < 1.29 is 0 Å². The van der Waals surface area contributed by atoms with E-state index in [9.17, 15) is 0 Å². The van der Waals surface area contributed by atoms with E-state index in [1.807, 2.05) is 0 Å². The quantitative estimate of drug-likeness (QED) is 0.701. The lowest BCUT2D eigenvalue weighted by molar-refractivity contribution is 0.716. The maximum Gasteiger partial charge on any atom is 0.0271 e. The molecule has 0 heterocycles. The van der Waals surface area contributed by atoms with Gasteiger partial charge >= 0.3 is 0 Å². The lowest BCUT2D eigenvalue weighted by atomic mass is 10.1. The Kier molecular flexibility index (Phi) is 5.23. The summed E-state index contributed by atoms with van der Waals surface area (Å²) in [6, 6.07) is 32.3. The van der Waals surface area contributed by atoms with E-state index in [1.165, 1.54) is 16.2 Å². The topological polar surface area (TPSA) is 26.0 Å². The third kappa shape index (κ3) is 3.69. The molecule has 116 valence electrons. The van der Waals surface area contributed by atoms with E-state index in [0.717, 1.165) is 0 Å². The summed E-state index contributed by atoms with van der Waals surface area (Å²) < 4.78 is 0. The van der Waals surface area contributed by atoms with Gasteiger partial charge in [-0.15, -0.1) is 0 Å². The molecule has 0 spiro atoms. The van der Waals surface area contributed by atoms with Gasteiger partial charge < -0.3 is 5.73 Å². The Morgan fingerprint density at radius 1 is 0.652 bits per heavy atom. The average Bonchev–Trinajstić information content (AvgIpc) is 2.61. The van der Waals surface area contributed by atoms with E-state index in [-0.39, 0.29) is 6.04 Å². The predicted molar refractivity (Wildman–Crippen MR) is 102 cm³/mol. The first-order valence-corrected chi connectivity index (χ1v) is 9.38. The molecule has 0 radical (unpaired) electrons. The van der Waals surface area contributed by atoms with E-state index >= 15 is 0 Å². The van der Waals surface area contributed by atoms with Crippen LogP contribution in [0.4, 0.5) is 0 Å². The molecule has 2 atom stereocenters. The highest BCUT2D eigenvalue weighted by atomic mass is 31.1. The number of benzene rings is 3. The number of hydrogen-bond donors (Lipinski definition) is 1. The van der Waals surface area contributed by atoms with Gasteiger partial charge in [0.1, 0.15) is 0 Å². The zero-order chi connectivity index (χ0) is 16.1. The lowest BCUT2D eigenvalue weighted by Crippen LogP contribution is -2.29. The third-order valence-corrected chi connectivity index (χ3v) is 7.02. The molecule has 0 amide bonds. The van der Waals surface area contributed by atoms with Crippen molar-refractivity contribution in [1.82, 2.24) is 0 Å². The van der Waals surface area contributed by atoms with Gasteiger partial charge in [-0.05, 0) is 31.0 Å². The van der Waals surface area contributed by atoms with Crippen LogP contribution in [0.25, 0.3) is 0 Å². The molecule has 0 bridgehead atoms. The zero-order valence-electron chi connectivity index (χ0n) is 13.3. The molecule has 23 heavy (non-hydrogen) atoms. The zero-order valence-corrected chi connectivity index (χ0v) is 14.2. The maximum atomic E-state index is 6.46. The fraction of sp³-hybridized carbons (Fsp3) is 0.143. The second kappa shape index (κ2) is 7.55. The van der Waals surface area contributed by atoms with Gasteiger partial charge in [0.2, 0.25) is 0 Å². The van der Waals surface area contributed by atoms with Crippen LogP contribution in [0.15, 0.2) is 91.0 Å². The van der Waals surface area contributed by atoms with Gasteiger partial charge in [-0.2, -0.15) is 0 Å². The molecule has 3 aromatic carbocycles. The van der Waals surface area contributed by atoms with Gasteiger partial charge in [-0.1, -0.05) is 91.0 Å². The van der Waals surface area contributed by atoms with Gasteiger partial charge in [-0.3, -0.25) is 0 Å². The average molecular weight is 319 g/mol. The molecule has 0 saturated carbocycles. The summed E-state index contributed by atoms with van der Waals surface area (Å²) in [5.74, 6) is 0. The van der Waals surface area contributed by atoms with Gasteiger partial charge in [0, 0.05) is 11.7 Å². The molecule has 0 saturated heterocycles. The minimum Gasteiger partial charge on any atom is -0.327 e. The van der Waals surface area contributed by atoms with Gasteiger partial charge in [0.25, 0.3) is 0 Å². The first kappa shape index (κ1) is 15.9. The van der Waals surface area contributed by atoms with Crippen molar-refractivity contribution in [3.63, 3.8) is 0 Å². The number of rotatable bonds is 5. The van der Waals surface area contributed by atoms with Crippen LogP contribution in [-0.2, 0) is 0 Å². The normalized spacial score (nSPS) is 13.7. The minimum atomic E-state index is -0.555. The second-order valence-electron chi connectivity index (χ2n) is 5.76. The molecule has 2 heteroatoms. The smallest absolute Gasteiger partial charge is 0.0271 e. The molecule has 0 aliphatic heterocycles. The maximum absolute atomic E-state index is 6.46. The van der Waals surface area contributed by atoms with Crippen molar-refractivity contribution in [2.75, 3.05) is 0 Å². The first-order chi connectivity index (χ1) is 11.3. The van der Waals surface area contributed by atoms with Crippen LogP contribution in [0.2, 0.25) is 0 Å². The van der Waals surface area contributed by atoms with Crippen molar-refractivity contribution in [2.45, 2.75) is 18.6 Å². The van der Waals surface area contributed by atoms with Crippen molar-refractivity contribution in [2.24, 2.45) is 5.73 Å². The molecule has 3 rings (SSSR count). The Morgan fingerprint density at radius 3 is 1.43 bits per heavy atom. The monoisotopic (exact) mass is 319 g/mol. The summed E-state index contributed by atoms with van der Waals surface area (Å²) in [6.45, 7) is 2.12. The fourth-order valence-corrected chi connectivity index (χ4v) is 5.85. The summed E-state index contributed by atoms with van der Waals surface area (Å²) in [7, 11) is -0.555. The molecule has 3 aromatic rings. The number of nitrogens with two attached hydrogens (primary N) is 1. The second-order valence-corrected chi connectivity index (χ2v) is 8.08. The van der Waals surface area contributed by atoms with E-state index < -0.39 is 7.92 Å². The molecule has 2 N–H and O–H groups in total. The van der Waals surface area contributed by atoms with Gasteiger partial charge in [0.15, 0.2) is 0 Å². The van der Waals surface area contributed by atoms with Crippen molar-refractivity contribution in [1.29, 1.82) is 0 Å². The summed E-state index contributed by atoms with van der Waals surface area (Å²) in [5, 5.41) is 2.75. The van der Waals surface area contributed by atoms with E-state index in [2.05, 4.69) is 97.9 Å². The first-order valence-electron chi connectivity index (χ1n) is 7.97. The highest BCUT2D eigenvalue weighted by molar-refractivity contribution is 7.73. The van der Waals surface area contributed by atoms with Crippen LogP contribution in [0.3, 0.4) is 0 Å². The van der Waals surface area contributed by atoms with Crippen molar-refractivity contribution in [3.05, 3.63) is 96.6 Å². The van der Waals surface area contributed by atoms with Gasteiger partial charge in [0.05, 0.1) is 0 Å². The van der Waals surface area contributed by atoms with E-state index in [0.29, 0.717) is 5.66 Å². The van der Waals surface area contributed by atoms with Crippen molar-refractivity contribution >= 4 is 18.5 Å². The largest absolute Gasteiger partial charge is 0.327 e. The molecule has 0 fully saturated rings. The molecule has 0 aliphatic rings. The van der Waals surface area contributed by atoms with E-state index in [1.54, 1.807) is 0 Å². The van der Waals surface area contributed by atoms with Crippen LogP contribution in [0, 0.1) is 0 Å². The third-order valence-electron chi connectivity index (χ3n) is 3.99. The van der Waals surface area contributed by atoms with Gasteiger partial charge in [-0.25, -0.2) is 0 Å². The Morgan fingerprint density at radius 2 is 1.04 bits per heavy atom. The van der Waals surface area contributed by atoms with Crippen LogP contribution in [0.5, 0.6) is 0 Å². The van der Waals surface area contributed by atoms with Crippen LogP contribution < -0.4 is 16.3 Å². The van der Waals surface area contributed by atoms with Crippen LogP contribution in [-0.4, -0.2) is 6.04 Å². The fourth-order valence-electron chi connectivity index (χ4n) is 2.99. The van der Waals surface area contributed by atoms with E-state index in [4.69, 9.17) is 5.73 Å². The molecule has 0 unspecified atom stereocenters. The molecule has 0 aromatic heterocycles. The summed E-state index contributed by atoms with van der Waals surface area (Å²) in [4.78, 5) is 0. The molecule has 1 nitrogen and oxygen atoms in total. The highest BCUT2D eigenvalue weighted by Gasteiger charge is 2.28. The minimum absolute atomic E-state index is 0.0870. The predicted octanol–water partition coefficient (Wildman–Crippen LogP) is 4.21. The summed E-state index contributed by atoms with van der Waals surface area (Å²) >= 11 is 0.